The Labute approximate surface area is 119 Å². The van der Waals surface area contributed by atoms with E-state index >= 15 is 0 Å². The van der Waals surface area contributed by atoms with Crippen LogP contribution in [0.15, 0.2) is 39.9 Å². The van der Waals surface area contributed by atoms with Crippen LogP contribution < -0.4 is 16.0 Å². The number of hydrogen-bond acceptors (Lipinski definition) is 5. The van der Waals surface area contributed by atoms with Crippen LogP contribution in [-0.4, -0.2) is 14.1 Å². The molecule has 0 bridgehead atoms. The van der Waals surface area contributed by atoms with Gasteiger partial charge in [0.15, 0.2) is 0 Å². The van der Waals surface area contributed by atoms with Crippen molar-refractivity contribution in [1.82, 2.24) is 9.13 Å². The van der Waals surface area contributed by atoms with Gasteiger partial charge in [-0.2, -0.15) is 0 Å². The highest BCUT2D eigenvalue weighted by Crippen LogP contribution is 2.19. The summed E-state index contributed by atoms with van der Waals surface area (Å²) >= 11 is 0. The Morgan fingerprint density at radius 3 is 2.52 bits per heavy atom. The third-order valence-electron chi connectivity index (χ3n) is 3.05. The molecule has 0 radical (unpaired) electrons. The van der Waals surface area contributed by atoms with E-state index in [1.807, 2.05) is 0 Å². The number of nitro benzene ring substituents is 1. The van der Waals surface area contributed by atoms with Crippen LogP contribution in [0.5, 0.6) is 5.88 Å². The molecule has 8 heteroatoms. The molecule has 0 N–H and O–H groups in total. The summed E-state index contributed by atoms with van der Waals surface area (Å²) in [6, 6.07) is 7.28. The molecule has 21 heavy (non-hydrogen) atoms. The van der Waals surface area contributed by atoms with E-state index in [4.69, 9.17) is 4.74 Å². The SMILES string of the molecule is Cn1c(OCc2ccccc2[N+](=O)[O-])cc(=O)n(C)c1=O. The Hall–Kier alpha value is -2.90. The summed E-state index contributed by atoms with van der Waals surface area (Å²) < 4.78 is 7.48. The molecule has 0 saturated heterocycles. The van der Waals surface area contributed by atoms with E-state index in [2.05, 4.69) is 0 Å². The Bertz CT molecular complexity index is 806. The average Bonchev–Trinajstić information content (AvgIpc) is 2.47. The monoisotopic (exact) mass is 291 g/mol. The van der Waals surface area contributed by atoms with Crippen LogP contribution >= 0.6 is 0 Å². The Morgan fingerprint density at radius 1 is 1.19 bits per heavy atom. The van der Waals surface area contributed by atoms with Crippen molar-refractivity contribution in [2.45, 2.75) is 6.61 Å². The van der Waals surface area contributed by atoms with Gasteiger partial charge >= 0.3 is 5.69 Å². The number of para-hydroxylation sites is 1. The Morgan fingerprint density at radius 2 is 1.86 bits per heavy atom. The van der Waals surface area contributed by atoms with Crippen molar-refractivity contribution in [3.05, 3.63) is 66.8 Å². The van der Waals surface area contributed by atoms with E-state index in [1.165, 1.54) is 20.2 Å². The summed E-state index contributed by atoms with van der Waals surface area (Å²) in [5.74, 6) is 0.0567. The van der Waals surface area contributed by atoms with Crippen molar-refractivity contribution in [2.24, 2.45) is 14.1 Å². The number of nitro groups is 1. The second-order valence-corrected chi connectivity index (χ2v) is 4.40. The first-order valence-corrected chi connectivity index (χ1v) is 6.04. The van der Waals surface area contributed by atoms with E-state index in [-0.39, 0.29) is 18.2 Å². The molecule has 0 atom stereocenters. The molecule has 0 unspecified atom stereocenters. The molecular weight excluding hydrogens is 278 g/mol. The van der Waals surface area contributed by atoms with Crippen molar-refractivity contribution in [3.8, 4) is 5.88 Å². The van der Waals surface area contributed by atoms with Gasteiger partial charge in [0.1, 0.15) is 6.61 Å². The molecule has 1 heterocycles. The summed E-state index contributed by atoms with van der Waals surface area (Å²) in [7, 11) is 2.81. The van der Waals surface area contributed by atoms with Crippen LogP contribution in [0.3, 0.4) is 0 Å². The van der Waals surface area contributed by atoms with Gasteiger partial charge in [0.05, 0.1) is 16.6 Å². The zero-order valence-corrected chi connectivity index (χ0v) is 11.5. The van der Waals surface area contributed by atoms with Crippen molar-refractivity contribution >= 4 is 5.69 Å². The van der Waals surface area contributed by atoms with Gasteiger partial charge in [-0.05, 0) is 6.07 Å². The first kappa shape index (κ1) is 14.5. The average molecular weight is 291 g/mol. The van der Waals surface area contributed by atoms with Crippen LogP contribution in [0.2, 0.25) is 0 Å². The highest BCUT2D eigenvalue weighted by Gasteiger charge is 2.14. The standard InChI is InChI=1S/C13H13N3O5/c1-14-11(17)7-12(15(2)13(14)18)21-8-9-5-3-4-6-10(9)16(19)20/h3-7H,8H2,1-2H3. The molecular formula is C13H13N3O5. The molecule has 2 rings (SSSR count). The summed E-state index contributed by atoms with van der Waals surface area (Å²) in [5, 5.41) is 10.9. The van der Waals surface area contributed by atoms with E-state index < -0.39 is 16.2 Å². The maximum Gasteiger partial charge on any atom is 0.333 e. The van der Waals surface area contributed by atoms with Gasteiger partial charge in [-0.3, -0.25) is 24.0 Å². The number of nitrogens with zero attached hydrogens (tertiary/aromatic N) is 3. The van der Waals surface area contributed by atoms with E-state index in [1.54, 1.807) is 18.2 Å². The van der Waals surface area contributed by atoms with Gasteiger partial charge < -0.3 is 4.74 Å². The summed E-state index contributed by atoms with van der Waals surface area (Å²) in [6.45, 7) is -0.113. The first-order valence-electron chi connectivity index (χ1n) is 6.04. The number of benzene rings is 1. The Balaban J connectivity index is 2.32. The summed E-state index contributed by atoms with van der Waals surface area (Å²) in [6.07, 6.45) is 0. The van der Waals surface area contributed by atoms with E-state index in [0.717, 1.165) is 15.2 Å². The third kappa shape index (κ3) is 2.83. The molecule has 2 aromatic rings. The third-order valence-corrected chi connectivity index (χ3v) is 3.05. The van der Waals surface area contributed by atoms with Gasteiger partial charge in [-0.25, -0.2) is 4.79 Å². The molecule has 110 valence electrons. The maximum atomic E-state index is 11.7. The summed E-state index contributed by atoms with van der Waals surface area (Å²) in [4.78, 5) is 33.7. The van der Waals surface area contributed by atoms with Gasteiger partial charge in [-0.1, -0.05) is 12.1 Å². The molecule has 0 fully saturated rings. The van der Waals surface area contributed by atoms with Gasteiger partial charge in [0, 0.05) is 20.2 Å². The lowest BCUT2D eigenvalue weighted by Gasteiger charge is -2.11. The van der Waals surface area contributed by atoms with Gasteiger partial charge in [0.2, 0.25) is 5.88 Å². The van der Waals surface area contributed by atoms with Crippen LogP contribution in [0, 0.1) is 10.1 Å². The topological polar surface area (TPSA) is 96.4 Å². The lowest BCUT2D eigenvalue weighted by molar-refractivity contribution is -0.385. The fourth-order valence-corrected chi connectivity index (χ4v) is 1.81. The zero-order chi connectivity index (χ0) is 15.6. The molecule has 0 amide bonds. The van der Waals surface area contributed by atoms with Crippen molar-refractivity contribution < 1.29 is 9.66 Å². The van der Waals surface area contributed by atoms with Gasteiger partial charge in [-0.15, -0.1) is 0 Å². The predicted octanol–water partition coefficient (Wildman–Crippen LogP) is 0.571. The van der Waals surface area contributed by atoms with Crippen LogP contribution in [-0.2, 0) is 20.7 Å². The van der Waals surface area contributed by atoms with Crippen molar-refractivity contribution in [3.63, 3.8) is 0 Å². The molecule has 0 aliphatic heterocycles. The minimum absolute atomic E-state index is 0.0567. The summed E-state index contributed by atoms with van der Waals surface area (Å²) in [5.41, 5.74) is -0.752. The second kappa shape index (κ2) is 5.61. The number of rotatable bonds is 4. The van der Waals surface area contributed by atoms with Crippen LogP contribution in [0.25, 0.3) is 0 Å². The molecule has 0 spiro atoms. The highest BCUT2D eigenvalue weighted by molar-refractivity contribution is 5.39. The lowest BCUT2D eigenvalue weighted by Crippen LogP contribution is -2.36. The zero-order valence-electron chi connectivity index (χ0n) is 11.5. The normalized spacial score (nSPS) is 10.4. The highest BCUT2D eigenvalue weighted by atomic mass is 16.6. The van der Waals surface area contributed by atoms with E-state index in [9.17, 15) is 19.7 Å². The smallest absolute Gasteiger partial charge is 0.333 e. The maximum absolute atomic E-state index is 11.7. The van der Waals surface area contributed by atoms with E-state index in [0.29, 0.717) is 5.56 Å². The fraction of sp³-hybridized carbons (Fsp3) is 0.231. The second-order valence-electron chi connectivity index (χ2n) is 4.40. The van der Waals surface area contributed by atoms with Crippen LogP contribution in [0.4, 0.5) is 5.69 Å². The molecule has 1 aromatic carbocycles. The van der Waals surface area contributed by atoms with Crippen molar-refractivity contribution in [1.29, 1.82) is 0 Å². The van der Waals surface area contributed by atoms with Crippen molar-refractivity contribution in [2.75, 3.05) is 0 Å². The molecule has 1 aromatic heterocycles. The lowest BCUT2D eigenvalue weighted by atomic mass is 10.2. The Kier molecular flexibility index (Phi) is 3.88. The quantitative estimate of drug-likeness (QED) is 0.606. The number of hydrogen-bond donors (Lipinski definition) is 0. The van der Waals surface area contributed by atoms with Crippen LogP contribution in [0.1, 0.15) is 5.56 Å². The fourth-order valence-electron chi connectivity index (χ4n) is 1.81. The largest absolute Gasteiger partial charge is 0.473 e. The molecule has 0 saturated carbocycles. The predicted molar refractivity (Wildman–Crippen MR) is 74.4 cm³/mol. The molecule has 0 aliphatic rings. The molecule has 0 aliphatic carbocycles. The van der Waals surface area contributed by atoms with Gasteiger partial charge in [0.25, 0.3) is 11.2 Å². The molecule has 8 nitrogen and oxygen atoms in total. The minimum atomic E-state index is -0.528. The minimum Gasteiger partial charge on any atom is -0.473 e. The first-order chi connectivity index (χ1) is 9.91. The number of aromatic nitrogens is 2. The number of ether oxygens (including phenoxy) is 1.